The molecule has 6 heteroatoms. The number of ether oxygens (including phenoxy) is 1. The summed E-state index contributed by atoms with van der Waals surface area (Å²) in [7, 11) is 0. The van der Waals surface area contributed by atoms with Gasteiger partial charge in [-0.2, -0.15) is 5.26 Å². The van der Waals surface area contributed by atoms with Gasteiger partial charge in [-0.15, -0.1) is 0 Å². The van der Waals surface area contributed by atoms with E-state index in [4.69, 9.17) is 10.00 Å². The van der Waals surface area contributed by atoms with Gasteiger partial charge >= 0.3 is 0 Å². The van der Waals surface area contributed by atoms with E-state index >= 15 is 0 Å². The lowest BCUT2D eigenvalue weighted by atomic mass is 10.0. The molecule has 0 bridgehead atoms. The third kappa shape index (κ3) is 2.90. The number of rotatable bonds is 3. The van der Waals surface area contributed by atoms with Crippen LogP contribution in [0.25, 0.3) is 0 Å². The fourth-order valence-electron chi connectivity index (χ4n) is 2.51. The maximum Gasteiger partial charge on any atom is 0.159 e. The molecule has 3 rings (SSSR count). The minimum absolute atomic E-state index is 0.0698. The van der Waals surface area contributed by atoms with Gasteiger partial charge < -0.3 is 10.1 Å². The summed E-state index contributed by atoms with van der Waals surface area (Å²) in [6.45, 7) is 0.533. The van der Waals surface area contributed by atoms with Crippen LogP contribution in [0.2, 0.25) is 0 Å². The Balaban J connectivity index is 1.77. The molecule has 4 nitrogen and oxygen atoms in total. The van der Waals surface area contributed by atoms with Gasteiger partial charge in [-0.05, 0) is 36.2 Å². The molecular formula is C16H13F2N3O. The molecule has 1 N–H and O–H groups in total. The Hall–Kier alpha value is -2.52. The molecule has 1 saturated heterocycles. The molecule has 1 aromatic heterocycles. The molecule has 0 amide bonds. The van der Waals surface area contributed by atoms with E-state index in [1.165, 1.54) is 6.07 Å². The monoisotopic (exact) mass is 301 g/mol. The Morgan fingerprint density at radius 1 is 1.23 bits per heavy atom. The number of nitrogens with zero attached hydrogens (tertiary/aromatic N) is 2. The Morgan fingerprint density at radius 3 is 2.77 bits per heavy atom. The molecule has 2 atom stereocenters. The number of benzene rings is 1. The van der Waals surface area contributed by atoms with Gasteiger partial charge in [0.1, 0.15) is 17.9 Å². The molecular weight excluding hydrogens is 288 g/mol. The van der Waals surface area contributed by atoms with Crippen molar-refractivity contribution >= 4 is 5.69 Å². The predicted octanol–water partition coefficient (Wildman–Crippen LogP) is 3.17. The highest BCUT2D eigenvalue weighted by atomic mass is 19.2. The fourth-order valence-corrected chi connectivity index (χ4v) is 2.51. The second-order valence-electron chi connectivity index (χ2n) is 5.05. The van der Waals surface area contributed by atoms with Crippen LogP contribution < -0.4 is 5.32 Å². The number of nitrogens with one attached hydrogen (secondary N) is 1. The smallest absolute Gasteiger partial charge is 0.159 e. The van der Waals surface area contributed by atoms with Gasteiger partial charge in [0.25, 0.3) is 0 Å². The van der Waals surface area contributed by atoms with Crippen LogP contribution in [0.4, 0.5) is 14.5 Å². The Kier molecular flexibility index (Phi) is 3.98. The highest BCUT2D eigenvalue weighted by Gasteiger charge is 2.30. The third-order valence-electron chi connectivity index (χ3n) is 3.59. The SMILES string of the molecule is N#Cc1ccc(NC2CCOC2c2ccc(F)c(F)c2)cn1. The molecule has 0 spiro atoms. The average Bonchev–Trinajstić information content (AvgIpc) is 2.99. The second kappa shape index (κ2) is 6.08. The molecule has 2 heterocycles. The average molecular weight is 301 g/mol. The summed E-state index contributed by atoms with van der Waals surface area (Å²) >= 11 is 0. The first-order valence-electron chi connectivity index (χ1n) is 6.86. The van der Waals surface area contributed by atoms with Crippen molar-refractivity contribution in [3.63, 3.8) is 0 Å². The number of hydrogen-bond acceptors (Lipinski definition) is 4. The summed E-state index contributed by atoms with van der Waals surface area (Å²) in [5.41, 5.74) is 1.68. The summed E-state index contributed by atoms with van der Waals surface area (Å²) in [5.74, 6) is -1.76. The molecule has 22 heavy (non-hydrogen) atoms. The molecule has 1 aromatic carbocycles. The van der Waals surface area contributed by atoms with E-state index < -0.39 is 11.6 Å². The number of anilines is 1. The van der Waals surface area contributed by atoms with E-state index in [2.05, 4.69) is 10.3 Å². The minimum atomic E-state index is -0.883. The molecule has 1 fully saturated rings. The van der Waals surface area contributed by atoms with Crippen LogP contribution in [0.15, 0.2) is 36.5 Å². The van der Waals surface area contributed by atoms with Gasteiger partial charge in [-0.1, -0.05) is 6.07 Å². The lowest BCUT2D eigenvalue weighted by Crippen LogP contribution is -2.23. The van der Waals surface area contributed by atoms with Crippen molar-refractivity contribution in [3.8, 4) is 6.07 Å². The van der Waals surface area contributed by atoms with E-state index in [1.54, 1.807) is 18.3 Å². The molecule has 2 aromatic rings. The van der Waals surface area contributed by atoms with E-state index in [9.17, 15) is 8.78 Å². The molecule has 112 valence electrons. The van der Waals surface area contributed by atoms with Gasteiger partial charge in [-0.25, -0.2) is 13.8 Å². The van der Waals surface area contributed by atoms with Crippen molar-refractivity contribution < 1.29 is 13.5 Å². The molecule has 0 aliphatic carbocycles. The largest absolute Gasteiger partial charge is 0.378 e. The molecule has 1 aliphatic rings. The van der Waals surface area contributed by atoms with Crippen LogP contribution in [0.1, 0.15) is 23.8 Å². The van der Waals surface area contributed by atoms with E-state index in [1.807, 2.05) is 6.07 Å². The van der Waals surface area contributed by atoms with Crippen molar-refractivity contribution in [3.05, 3.63) is 59.4 Å². The van der Waals surface area contributed by atoms with E-state index in [0.29, 0.717) is 17.9 Å². The lowest BCUT2D eigenvalue weighted by molar-refractivity contribution is 0.107. The van der Waals surface area contributed by atoms with Crippen molar-refractivity contribution in [1.82, 2.24) is 4.98 Å². The Morgan fingerprint density at radius 2 is 2.09 bits per heavy atom. The van der Waals surface area contributed by atoms with Gasteiger partial charge in [0.2, 0.25) is 0 Å². The first-order chi connectivity index (χ1) is 10.7. The van der Waals surface area contributed by atoms with E-state index in [-0.39, 0.29) is 12.1 Å². The highest BCUT2D eigenvalue weighted by Crippen LogP contribution is 2.32. The van der Waals surface area contributed by atoms with Crippen molar-refractivity contribution in [2.75, 3.05) is 11.9 Å². The summed E-state index contributed by atoms with van der Waals surface area (Å²) < 4.78 is 32.1. The van der Waals surface area contributed by atoms with Crippen LogP contribution in [0.3, 0.4) is 0 Å². The van der Waals surface area contributed by atoms with E-state index in [0.717, 1.165) is 24.2 Å². The number of hydrogen-bond donors (Lipinski definition) is 1. The predicted molar refractivity (Wildman–Crippen MR) is 76.0 cm³/mol. The van der Waals surface area contributed by atoms with Gasteiger partial charge in [0.15, 0.2) is 11.6 Å². The Labute approximate surface area is 126 Å². The molecule has 1 aliphatic heterocycles. The normalized spacial score (nSPS) is 20.6. The zero-order chi connectivity index (χ0) is 15.5. The zero-order valence-corrected chi connectivity index (χ0v) is 11.6. The zero-order valence-electron chi connectivity index (χ0n) is 11.6. The summed E-state index contributed by atoms with van der Waals surface area (Å²) in [5, 5.41) is 12.0. The minimum Gasteiger partial charge on any atom is -0.378 e. The summed E-state index contributed by atoms with van der Waals surface area (Å²) in [6, 6.07) is 9.05. The van der Waals surface area contributed by atoms with Crippen molar-refractivity contribution in [1.29, 1.82) is 5.26 Å². The van der Waals surface area contributed by atoms with Crippen molar-refractivity contribution in [2.24, 2.45) is 0 Å². The lowest BCUT2D eigenvalue weighted by Gasteiger charge is -2.21. The fraction of sp³-hybridized carbons (Fsp3) is 0.250. The third-order valence-corrected chi connectivity index (χ3v) is 3.59. The van der Waals surface area contributed by atoms with Gasteiger partial charge in [-0.3, -0.25) is 0 Å². The summed E-state index contributed by atoms with van der Waals surface area (Å²) in [4.78, 5) is 3.99. The Bertz CT molecular complexity index is 712. The number of nitriles is 1. The van der Waals surface area contributed by atoms with Crippen molar-refractivity contribution in [2.45, 2.75) is 18.6 Å². The quantitative estimate of drug-likeness (QED) is 0.946. The topological polar surface area (TPSA) is 57.9 Å². The number of pyridine rings is 1. The number of aromatic nitrogens is 1. The van der Waals surface area contributed by atoms with Crippen LogP contribution >= 0.6 is 0 Å². The van der Waals surface area contributed by atoms with Crippen LogP contribution in [0, 0.1) is 23.0 Å². The van der Waals surface area contributed by atoms with Crippen LogP contribution in [0.5, 0.6) is 0 Å². The van der Waals surface area contributed by atoms with Gasteiger partial charge in [0.05, 0.1) is 17.9 Å². The standard InChI is InChI=1S/C16H13F2N3O/c17-13-4-1-10(7-14(13)18)16-15(5-6-22-16)21-12-3-2-11(8-19)20-9-12/h1-4,7,9,15-16,21H,5-6H2. The first-order valence-corrected chi connectivity index (χ1v) is 6.86. The second-order valence-corrected chi connectivity index (χ2v) is 5.05. The first kappa shape index (κ1) is 14.4. The summed E-state index contributed by atoms with van der Waals surface area (Å²) in [6.07, 6.45) is 1.95. The maximum absolute atomic E-state index is 13.4. The van der Waals surface area contributed by atoms with Gasteiger partial charge in [0, 0.05) is 6.61 Å². The number of halogens is 2. The highest BCUT2D eigenvalue weighted by molar-refractivity contribution is 5.44. The van der Waals surface area contributed by atoms with Crippen LogP contribution in [-0.4, -0.2) is 17.6 Å². The molecule has 2 unspecified atom stereocenters. The van der Waals surface area contributed by atoms with Crippen LogP contribution in [-0.2, 0) is 4.74 Å². The molecule has 0 saturated carbocycles. The molecule has 0 radical (unpaired) electrons. The maximum atomic E-state index is 13.4.